The van der Waals surface area contributed by atoms with Crippen molar-refractivity contribution >= 4 is 24.4 Å². The molecule has 0 saturated carbocycles. The molecule has 0 fully saturated rings. The van der Waals surface area contributed by atoms with Crippen LogP contribution in [0.15, 0.2) is 178 Å². The lowest BCUT2D eigenvalue weighted by Gasteiger charge is -2.20. The summed E-state index contributed by atoms with van der Waals surface area (Å²) in [7, 11) is 3.52. The molecule has 1 radical (unpaired) electrons. The molecule has 0 spiro atoms. The first-order chi connectivity index (χ1) is 27.9. The van der Waals surface area contributed by atoms with Crippen LogP contribution >= 0.6 is 0 Å². The molecule has 289 valence electrons. The molecule has 0 N–H and O–H groups in total. The SMILES string of the molecule is COc1cccc(\C2=C/C(c3ccccc3)=C\C(c3ccc(CC(C)(C)C)cc3)=N\[B]n3c(-c4ccc(C(C)(C)C)cc4)cc(-c4ccccc4)c32)cc(=O)occ1. The normalized spacial score (nSPS) is 15.7. The van der Waals surface area contributed by atoms with Gasteiger partial charge in [-0.05, 0) is 86.1 Å². The first kappa shape index (κ1) is 39.8. The zero-order valence-electron chi connectivity index (χ0n) is 34.5. The molecule has 5 nitrogen and oxygen atoms in total. The Morgan fingerprint density at radius 1 is 0.655 bits per heavy atom. The zero-order valence-corrected chi connectivity index (χ0v) is 34.5. The lowest BCUT2D eigenvalue weighted by molar-refractivity contribution is 0.411. The van der Waals surface area contributed by atoms with Gasteiger partial charge >= 0.3 is 13.2 Å². The molecule has 0 aliphatic carbocycles. The molecule has 0 saturated heterocycles. The number of ether oxygens (including phenoxy) is 1. The molecule has 4 aromatic carbocycles. The minimum atomic E-state index is -0.507. The number of hydrogen-bond acceptors (Lipinski definition) is 4. The van der Waals surface area contributed by atoms with Crippen molar-refractivity contribution < 1.29 is 9.15 Å². The van der Waals surface area contributed by atoms with Crippen LogP contribution in [-0.4, -0.2) is 24.8 Å². The fraction of sp³-hybridized carbons (Fsp3) is 0.192. The second kappa shape index (κ2) is 17.0. The minimum Gasteiger partial charge on any atom is -0.497 e. The Morgan fingerprint density at radius 3 is 1.93 bits per heavy atom. The van der Waals surface area contributed by atoms with E-state index in [4.69, 9.17) is 14.1 Å². The second-order valence-electron chi connectivity index (χ2n) is 16.9. The largest absolute Gasteiger partial charge is 0.497 e. The molecule has 0 bridgehead atoms. The third-order valence-electron chi connectivity index (χ3n) is 10.2. The summed E-state index contributed by atoms with van der Waals surface area (Å²) in [5, 5.41) is 0. The lowest BCUT2D eigenvalue weighted by atomic mass is 9.86. The van der Waals surface area contributed by atoms with E-state index in [1.165, 1.54) is 17.4 Å². The van der Waals surface area contributed by atoms with E-state index in [9.17, 15) is 4.79 Å². The van der Waals surface area contributed by atoms with Crippen LogP contribution in [0.4, 0.5) is 0 Å². The van der Waals surface area contributed by atoms with Crippen molar-refractivity contribution in [1.82, 2.24) is 4.48 Å². The average Bonchev–Trinajstić information content (AvgIpc) is 3.61. The van der Waals surface area contributed by atoms with E-state index in [1.807, 2.05) is 50.0 Å². The Morgan fingerprint density at radius 2 is 1.29 bits per heavy atom. The van der Waals surface area contributed by atoms with Crippen molar-refractivity contribution in [3.8, 4) is 28.1 Å². The molecule has 58 heavy (non-hydrogen) atoms. The molecular formula is C52H50BN2O3. The lowest BCUT2D eigenvalue weighted by Crippen LogP contribution is -2.13. The van der Waals surface area contributed by atoms with Crippen LogP contribution in [0.1, 0.15) is 75.1 Å². The first-order valence-corrected chi connectivity index (χ1v) is 19.8. The molecule has 3 heterocycles. The highest BCUT2D eigenvalue weighted by molar-refractivity contribution is 6.39. The summed E-state index contributed by atoms with van der Waals surface area (Å²) in [6.07, 6.45) is 6.65. The van der Waals surface area contributed by atoms with Gasteiger partial charge in [-0.25, -0.2) is 4.79 Å². The number of nitrogens with zero attached hydrogens (tertiary/aromatic N) is 2. The van der Waals surface area contributed by atoms with E-state index >= 15 is 0 Å². The van der Waals surface area contributed by atoms with Gasteiger partial charge in [0.15, 0.2) is 0 Å². The van der Waals surface area contributed by atoms with Gasteiger partial charge in [-0.1, -0.05) is 163 Å². The fourth-order valence-corrected chi connectivity index (χ4v) is 7.25. The molecule has 0 amide bonds. The molecule has 6 aromatic rings. The smallest absolute Gasteiger partial charge is 0.416 e. The van der Waals surface area contributed by atoms with Gasteiger partial charge in [0, 0.05) is 34.7 Å². The third kappa shape index (κ3) is 9.41. The van der Waals surface area contributed by atoms with E-state index in [-0.39, 0.29) is 10.8 Å². The standard InChI is InChI=1S/C52H50BN2O3/c1-51(2,3)35-36-21-23-39(24-22-36)47-32-42(37-15-10-8-11-16-37)31-45(41-19-14-20-44(57-7)29-30-58-49(56)33-41)50-46(38-17-12-9-13-18-38)34-48(55(50)53-54-47)40-25-27-43(28-26-40)52(4,5)6/h8-34H,35H2,1-7H3/b19-14?,30-29?,41-33?,42-32+,44-20?,45-31+,54-47-. The van der Waals surface area contributed by atoms with Crippen LogP contribution in [-0.2, 0) is 11.8 Å². The summed E-state index contributed by atoms with van der Waals surface area (Å²) >= 11 is 0. The molecule has 0 unspecified atom stereocenters. The number of rotatable bonds is 7. The Balaban J connectivity index is 1.58. The monoisotopic (exact) mass is 761 g/mol. The number of hydrogen-bond donors (Lipinski definition) is 0. The molecule has 7 rings (SSSR count). The molecule has 2 aromatic heterocycles. The van der Waals surface area contributed by atoms with Gasteiger partial charge in [0.05, 0.1) is 19.1 Å². The predicted octanol–water partition coefficient (Wildman–Crippen LogP) is 12.2. The third-order valence-corrected chi connectivity index (χ3v) is 10.2. The van der Waals surface area contributed by atoms with Gasteiger partial charge in [0.2, 0.25) is 0 Å². The predicted molar refractivity (Wildman–Crippen MR) is 242 cm³/mol. The van der Waals surface area contributed by atoms with Gasteiger partial charge in [-0.15, -0.1) is 0 Å². The van der Waals surface area contributed by atoms with E-state index in [0.717, 1.165) is 62.5 Å². The van der Waals surface area contributed by atoms with Crippen molar-refractivity contribution in [2.75, 3.05) is 7.11 Å². The maximum atomic E-state index is 13.6. The number of methoxy groups -OCH3 is 1. The van der Waals surface area contributed by atoms with E-state index in [1.54, 1.807) is 19.2 Å². The summed E-state index contributed by atoms with van der Waals surface area (Å²) in [6, 6.07) is 49.4. The van der Waals surface area contributed by atoms with Crippen LogP contribution < -0.4 is 10.4 Å². The van der Waals surface area contributed by atoms with Crippen LogP contribution in [0, 0.1) is 5.41 Å². The van der Waals surface area contributed by atoms with Crippen LogP contribution in [0.3, 0.4) is 0 Å². The van der Waals surface area contributed by atoms with Gasteiger partial charge in [0.1, 0.15) is 5.75 Å². The highest BCUT2D eigenvalue weighted by Gasteiger charge is 2.25. The summed E-state index contributed by atoms with van der Waals surface area (Å²) in [6.45, 7) is 13.5. The number of aromatic nitrogens is 1. The summed E-state index contributed by atoms with van der Waals surface area (Å²) in [4.78, 5) is 18.9. The van der Waals surface area contributed by atoms with E-state index in [2.05, 4.69) is 149 Å². The molecule has 0 atom stereocenters. The summed E-state index contributed by atoms with van der Waals surface area (Å²) in [5.41, 5.74) is 12.3. The van der Waals surface area contributed by atoms with Gasteiger partial charge in [0.25, 0.3) is 0 Å². The molecule has 6 heteroatoms. The van der Waals surface area contributed by atoms with Gasteiger partial charge in [-0.3, -0.25) is 0 Å². The number of allylic oxidation sites excluding steroid dienone is 3. The molecule has 1 aliphatic heterocycles. The van der Waals surface area contributed by atoms with Crippen LogP contribution in [0.2, 0.25) is 0 Å². The van der Waals surface area contributed by atoms with Crippen molar-refractivity contribution in [3.05, 3.63) is 208 Å². The number of fused-ring (bicyclic) bond motifs is 1. The second-order valence-corrected chi connectivity index (χ2v) is 16.9. The molecular weight excluding hydrogens is 711 g/mol. The van der Waals surface area contributed by atoms with Crippen molar-refractivity contribution in [2.45, 2.75) is 53.4 Å². The highest BCUT2D eigenvalue weighted by atomic mass is 16.5. The van der Waals surface area contributed by atoms with Crippen molar-refractivity contribution in [3.63, 3.8) is 0 Å². The Kier molecular flexibility index (Phi) is 11.7. The number of benzene rings is 4. The quantitative estimate of drug-likeness (QED) is 0.152. The maximum Gasteiger partial charge on any atom is 0.416 e. The summed E-state index contributed by atoms with van der Waals surface area (Å²) in [5.74, 6) is 0.549. The zero-order chi connectivity index (χ0) is 40.9. The molecule has 1 aliphatic rings. The van der Waals surface area contributed by atoms with E-state index in [0.29, 0.717) is 11.3 Å². The van der Waals surface area contributed by atoms with Gasteiger partial charge in [-0.2, -0.15) is 0 Å². The maximum absolute atomic E-state index is 13.6. The average molecular weight is 762 g/mol. The topological polar surface area (TPSA) is 56.7 Å². The van der Waals surface area contributed by atoms with Crippen LogP contribution in [0.5, 0.6) is 5.75 Å². The first-order valence-electron chi connectivity index (χ1n) is 19.8. The Hall–Kier alpha value is -6.40. The van der Waals surface area contributed by atoms with Crippen molar-refractivity contribution in [2.24, 2.45) is 10.3 Å². The Bertz CT molecular complexity index is 2600. The highest BCUT2D eigenvalue weighted by Crippen LogP contribution is 2.41. The Labute approximate surface area is 343 Å². The van der Waals surface area contributed by atoms with Crippen molar-refractivity contribution in [1.29, 1.82) is 0 Å². The summed E-state index contributed by atoms with van der Waals surface area (Å²) < 4.78 is 13.3. The van der Waals surface area contributed by atoms with E-state index < -0.39 is 5.63 Å². The minimum absolute atomic E-state index is 0.00165. The van der Waals surface area contributed by atoms with Crippen LogP contribution in [0.25, 0.3) is 33.5 Å². The van der Waals surface area contributed by atoms with Gasteiger partial charge < -0.3 is 18.5 Å². The fourth-order valence-electron chi connectivity index (χ4n) is 7.25.